The van der Waals surface area contributed by atoms with E-state index in [4.69, 9.17) is 9.47 Å². The van der Waals surface area contributed by atoms with E-state index in [0.29, 0.717) is 32.2 Å². The topological polar surface area (TPSA) is 59.1 Å². The van der Waals surface area contributed by atoms with Crippen molar-refractivity contribution < 1.29 is 19.1 Å². The Labute approximate surface area is 185 Å². The lowest BCUT2D eigenvalue weighted by atomic mass is 9.84. The van der Waals surface area contributed by atoms with E-state index in [9.17, 15) is 9.59 Å². The second kappa shape index (κ2) is 11.2. The predicted octanol–water partition coefficient (Wildman–Crippen LogP) is 2.75. The Balaban J connectivity index is 1.75. The van der Waals surface area contributed by atoms with E-state index < -0.39 is 0 Å². The Hall–Kier alpha value is -2.52. The highest BCUT2D eigenvalue weighted by molar-refractivity contribution is 5.93. The van der Waals surface area contributed by atoms with Gasteiger partial charge in [-0.05, 0) is 68.6 Å². The van der Waals surface area contributed by atoms with Crippen molar-refractivity contribution in [1.29, 1.82) is 0 Å². The van der Waals surface area contributed by atoms with E-state index in [2.05, 4.69) is 24.0 Å². The highest BCUT2D eigenvalue weighted by Gasteiger charge is 2.35. The molecular formula is C25H34N2O4. The van der Waals surface area contributed by atoms with Crippen LogP contribution in [0.25, 0.3) is 0 Å². The maximum atomic E-state index is 13.3. The third-order valence-corrected chi connectivity index (χ3v) is 6.60. The van der Waals surface area contributed by atoms with Crippen LogP contribution >= 0.6 is 0 Å². The molecule has 1 unspecified atom stereocenters. The number of amides is 2. The summed E-state index contributed by atoms with van der Waals surface area (Å²) in [6, 6.07) is 8.16. The molecule has 3 rings (SSSR count). The van der Waals surface area contributed by atoms with Gasteiger partial charge in [0, 0.05) is 45.3 Å². The average molecular weight is 427 g/mol. The fourth-order valence-corrected chi connectivity index (χ4v) is 4.73. The van der Waals surface area contributed by atoms with E-state index in [0.717, 1.165) is 43.4 Å². The molecule has 0 saturated carbocycles. The second-order valence-electron chi connectivity index (χ2n) is 8.46. The Kier molecular flexibility index (Phi) is 8.36. The van der Waals surface area contributed by atoms with Crippen molar-refractivity contribution in [2.75, 3.05) is 40.5 Å². The molecule has 2 saturated heterocycles. The van der Waals surface area contributed by atoms with E-state index in [-0.39, 0.29) is 23.8 Å². The minimum atomic E-state index is -0.100. The van der Waals surface area contributed by atoms with Gasteiger partial charge in [0.1, 0.15) is 5.75 Å². The van der Waals surface area contributed by atoms with Crippen LogP contribution in [0, 0.1) is 23.7 Å². The molecule has 1 aromatic rings. The quantitative estimate of drug-likeness (QED) is 0.657. The number of carbonyl (C=O) groups excluding carboxylic acids is 2. The molecule has 168 valence electrons. The highest BCUT2D eigenvalue weighted by Crippen LogP contribution is 2.29. The zero-order valence-electron chi connectivity index (χ0n) is 18.9. The number of methoxy groups -OCH3 is 1. The number of rotatable bonds is 6. The van der Waals surface area contributed by atoms with Gasteiger partial charge in [0.25, 0.3) is 5.91 Å². The lowest BCUT2D eigenvalue weighted by Crippen LogP contribution is -2.50. The molecule has 6 nitrogen and oxygen atoms in total. The molecule has 0 spiro atoms. The van der Waals surface area contributed by atoms with Crippen LogP contribution in [0.4, 0.5) is 0 Å². The van der Waals surface area contributed by atoms with Gasteiger partial charge in [-0.1, -0.05) is 18.1 Å². The van der Waals surface area contributed by atoms with Crippen molar-refractivity contribution in [3.05, 3.63) is 29.8 Å². The summed E-state index contributed by atoms with van der Waals surface area (Å²) < 4.78 is 10.8. The first kappa shape index (κ1) is 23.1. The summed E-state index contributed by atoms with van der Waals surface area (Å²) in [4.78, 5) is 29.3. The zero-order chi connectivity index (χ0) is 22.2. The van der Waals surface area contributed by atoms with Gasteiger partial charge in [-0.25, -0.2) is 0 Å². The smallest absolute Gasteiger partial charge is 0.298 e. The Bertz CT molecular complexity index is 814. The molecule has 1 atom stereocenters. The van der Waals surface area contributed by atoms with Crippen molar-refractivity contribution in [2.24, 2.45) is 11.8 Å². The fraction of sp³-hybridized carbons (Fsp3) is 0.600. The average Bonchev–Trinajstić information content (AvgIpc) is 2.82. The monoisotopic (exact) mass is 426 g/mol. The van der Waals surface area contributed by atoms with Crippen LogP contribution in [0.3, 0.4) is 0 Å². The minimum Gasteiger partial charge on any atom is -0.497 e. The number of benzene rings is 1. The molecule has 1 aromatic carbocycles. The van der Waals surface area contributed by atoms with Crippen LogP contribution in [-0.2, 0) is 20.7 Å². The number of likely N-dealkylation sites (tertiary alicyclic amines) is 1. The summed E-state index contributed by atoms with van der Waals surface area (Å²) in [6.45, 7) is 4.37. The number of hydrogen-bond donors (Lipinski definition) is 0. The number of carbonyl (C=O) groups is 2. The largest absolute Gasteiger partial charge is 0.497 e. The summed E-state index contributed by atoms with van der Waals surface area (Å²) in [6.07, 6.45) is 4.10. The zero-order valence-corrected chi connectivity index (χ0v) is 18.9. The lowest BCUT2D eigenvalue weighted by molar-refractivity contribution is -0.141. The van der Waals surface area contributed by atoms with Gasteiger partial charge in [-0.15, -0.1) is 0 Å². The first-order valence-electron chi connectivity index (χ1n) is 11.2. The number of nitrogens with zero attached hydrogens (tertiary/aromatic N) is 2. The summed E-state index contributed by atoms with van der Waals surface area (Å²) in [5.74, 6) is 6.65. The molecule has 2 amide bonds. The van der Waals surface area contributed by atoms with Gasteiger partial charge >= 0.3 is 0 Å². The van der Waals surface area contributed by atoms with Crippen LogP contribution in [0.5, 0.6) is 5.75 Å². The molecular weight excluding hydrogens is 392 g/mol. The molecule has 2 fully saturated rings. The number of piperidine rings is 1. The molecule has 0 radical (unpaired) electrons. The SMILES string of the molecule is CC#CC(=O)N1CCC(C(Cc2cccc(OC)c2)N(C)C(=O)C2CCOCC2)CC1. The van der Waals surface area contributed by atoms with Crippen molar-refractivity contribution in [3.63, 3.8) is 0 Å². The lowest BCUT2D eigenvalue weighted by Gasteiger charge is -2.41. The second-order valence-corrected chi connectivity index (χ2v) is 8.46. The third kappa shape index (κ3) is 6.01. The van der Waals surface area contributed by atoms with Crippen LogP contribution < -0.4 is 4.74 Å². The molecule has 0 aromatic heterocycles. The van der Waals surface area contributed by atoms with Crippen LogP contribution in [0.1, 0.15) is 38.2 Å². The Morgan fingerprint density at radius 3 is 2.58 bits per heavy atom. The summed E-state index contributed by atoms with van der Waals surface area (Å²) >= 11 is 0. The number of hydrogen-bond acceptors (Lipinski definition) is 4. The molecule has 2 aliphatic heterocycles. The third-order valence-electron chi connectivity index (χ3n) is 6.60. The summed E-state index contributed by atoms with van der Waals surface area (Å²) in [5, 5.41) is 0. The van der Waals surface area contributed by atoms with Gasteiger partial charge in [-0.2, -0.15) is 0 Å². The van der Waals surface area contributed by atoms with Gasteiger partial charge in [0.05, 0.1) is 7.11 Å². The van der Waals surface area contributed by atoms with Gasteiger partial charge in [0.15, 0.2) is 0 Å². The Morgan fingerprint density at radius 2 is 1.94 bits per heavy atom. The number of ether oxygens (including phenoxy) is 2. The van der Waals surface area contributed by atoms with Gasteiger partial charge in [0.2, 0.25) is 5.91 Å². The van der Waals surface area contributed by atoms with Crippen molar-refractivity contribution in [1.82, 2.24) is 9.80 Å². The van der Waals surface area contributed by atoms with Crippen molar-refractivity contribution in [3.8, 4) is 17.6 Å². The van der Waals surface area contributed by atoms with Crippen LogP contribution in [-0.4, -0.2) is 68.1 Å². The van der Waals surface area contributed by atoms with Crippen LogP contribution in [0.2, 0.25) is 0 Å². The molecule has 31 heavy (non-hydrogen) atoms. The maximum absolute atomic E-state index is 13.3. The standard InChI is InChI=1S/C25H34N2O4/c1-4-6-24(28)27-13-9-20(10-14-27)23(18-19-7-5-8-22(17-19)30-3)26(2)25(29)21-11-15-31-16-12-21/h5,7-8,17,20-21,23H,9-16,18H2,1-3H3. The van der Waals surface area contributed by atoms with Crippen LogP contribution in [0.15, 0.2) is 24.3 Å². The molecule has 0 aliphatic carbocycles. The van der Waals surface area contributed by atoms with Gasteiger partial charge in [-0.3, -0.25) is 9.59 Å². The maximum Gasteiger partial charge on any atom is 0.298 e. The van der Waals surface area contributed by atoms with Crippen molar-refractivity contribution in [2.45, 2.75) is 45.1 Å². The molecule has 6 heteroatoms. The van der Waals surface area contributed by atoms with E-state index in [1.54, 1.807) is 14.0 Å². The van der Waals surface area contributed by atoms with E-state index >= 15 is 0 Å². The minimum absolute atomic E-state index is 0.0352. The molecule has 0 bridgehead atoms. The normalized spacial score (nSPS) is 18.6. The highest BCUT2D eigenvalue weighted by atomic mass is 16.5. The molecule has 2 aliphatic rings. The van der Waals surface area contributed by atoms with Crippen molar-refractivity contribution >= 4 is 11.8 Å². The first-order valence-corrected chi connectivity index (χ1v) is 11.2. The molecule has 2 heterocycles. The predicted molar refractivity (Wildman–Crippen MR) is 120 cm³/mol. The summed E-state index contributed by atoms with van der Waals surface area (Å²) in [7, 11) is 3.62. The first-order chi connectivity index (χ1) is 15.0. The van der Waals surface area contributed by atoms with Gasteiger partial charge < -0.3 is 19.3 Å². The fourth-order valence-electron chi connectivity index (χ4n) is 4.73. The Morgan fingerprint density at radius 1 is 1.23 bits per heavy atom. The molecule has 0 N–H and O–H groups in total. The van der Waals surface area contributed by atoms with E-state index in [1.165, 1.54) is 0 Å². The van der Waals surface area contributed by atoms with E-state index in [1.807, 2.05) is 29.0 Å². The summed E-state index contributed by atoms with van der Waals surface area (Å²) in [5.41, 5.74) is 1.16. The number of likely N-dealkylation sites (N-methyl/N-ethyl adjacent to an activating group) is 1.